The number of carbonyl (C=O) groups is 1. The van der Waals surface area contributed by atoms with Gasteiger partial charge in [0.2, 0.25) is 5.91 Å². The Hall–Kier alpha value is -2.74. The zero-order chi connectivity index (χ0) is 17.1. The van der Waals surface area contributed by atoms with Gasteiger partial charge in [-0.25, -0.2) is 4.68 Å². The molecule has 0 aliphatic carbocycles. The minimum Gasteiger partial charge on any atom is -0.350 e. The number of nitrogens with zero attached hydrogens (tertiary/aromatic N) is 5. The molecule has 0 saturated carbocycles. The average Bonchev–Trinajstić information content (AvgIpc) is 3.16. The molecule has 0 fully saturated rings. The summed E-state index contributed by atoms with van der Waals surface area (Å²) >= 11 is 0. The highest BCUT2D eigenvalue weighted by molar-refractivity contribution is 5.77. The standard InChI is InChI=1S/C17H21N7O/c25-17(6-9-24-16-5-2-1-4-15(16)20-22-24)19-11-13-10-14-12-18-7-3-8-23(14)21-13/h1-2,4-5,10,18H,3,6-9,11-12H2,(H,19,25). The first-order chi connectivity index (χ1) is 12.3. The highest BCUT2D eigenvalue weighted by Gasteiger charge is 2.12. The van der Waals surface area contributed by atoms with E-state index in [1.54, 1.807) is 4.68 Å². The van der Waals surface area contributed by atoms with E-state index in [0.717, 1.165) is 42.8 Å². The van der Waals surface area contributed by atoms with E-state index < -0.39 is 0 Å². The number of amides is 1. The molecule has 1 aliphatic rings. The molecular formula is C17H21N7O. The third kappa shape index (κ3) is 3.53. The lowest BCUT2D eigenvalue weighted by atomic mass is 10.3. The lowest BCUT2D eigenvalue weighted by Gasteiger charge is -2.04. The molecule has 0 spiro atoms. The Morgan fingerprint density at radius 1 is 1.32 bits per heavy atom. The maximum absolute atomic E-state index is 12.1. The number of aromatic nitrogens is 5. The van der Waals surface area contributed by atoms with Crippen LogP contribution in [0.1, 0.15) is 24.2 Å². The molecule has 130 valence electrons. The molecule has 0 unspecified atom stereocenters. The fraction of sp³-hybridized carbons (Fsp3) is 0.412. The number of rotatable bonds is 5. The molecule has 4 rings (SSSR count). The van der Waals surface area contributed by atoms with Gasteiger partial charge < -0.3 is 10.6 Å². The van der Waals surface area contributed by atoms with Crippen molar-refractivity contribution in [1.29, 1.82) is 0 Å². The quantitative estimate of drug-likeness (QED) is 0.719. The number of fused-ring (bicyclic) bond motifs is 2. The minimum atomic E-state index is -0.0131. The second-order valence-electron chi connectivity index (χ2n) is 6.21. The molecular weight excluding hydrogens is 318 g/mol. The summed E-state index contributed by atoms with van der Waals surface area (Å²) in [5.41, 5.74) is 3.87. The monoisotopic (exact) mass is 339 g/mol. The summed E-state index contributed by atoms with van der Waals surface area (Å²) in [5, 5.41) is 19.1. The van der Waals surface area contributed by atoms with Gasteiger partial charge in [-0.2, -0.15) is 5.10 Å². The lowest BCUT2D eigenvalue weighted by molar-refractivity contribution is -0.121. The third-order valence-electron chi connectivity index (χ3n) is 4.38. The van der Waals surface area contributed by atoms with Crippen LogP contribution in [0.2, 0.25) is 0 Å². The van der Waals surface area contributed by atoms with E-state index in [9.17, 15) is 4.79 Å². The first-order valence-corrected chi connectivity index (χ1v) is 8.61. The Balaban J connectivity index is 1.31. The number of aryl methyl sites for hydroxylation is 2. The molecule has 3 heterocycles. The third-order valence-corrected chi connectivity index (χ3v) is 4.38. The van der Waals surface area contributed by atoms with Gasteiger partial charge in [0.1, 0.15) is 5.52 Å². The molecule has 0 saturated heterocycles. The van der Waals surface area contributed by atoms with Gasteiger partial charge >= 0.3 is 0 Å². The smallest absolute Gasteiger partial charge is 0.222 e. The van der Waals surface area contributed by atoms with E-state index in [2.05, 4.69) is 32.1 Å². The maximum atomic E-state index is 12.1. The lowest BCUT2D eigenvalue weighted by Crippen LogP contribution is -2.24. The summed E-state index contributed by atoms with van der Waals surface area (Å²) in [6.07, 6.45) is 1.44. The number of benzene rings is 1. The first kappa shape index (κ1) is 15.8. The largest absolute Gasteiger partial charge is 0.350 e. The van der Waals surface area contributed by atoms with Crippen molar-refractivity contribution < 1.29 is 4.79 Å². The fourth-order valence-corrected chi connectivity index (χ4v) is 3.08. The van der Waals surface area contributed by atoms with Crippen LogP contribution in [-0.2, 0) is 31.0 Å². The molecule has 2 N–H and O–H groups in total. The zero-order valence-electron chi connectivity index (χ0n) is 14.0. The zero-order valence-corrected chi connectivity index (χ0v) is 14.0. The predicted molar refractivity (Wildman–Crippen MR) is 92.5 cm³/mol. The normalized spacial score (nSPS) is 14.2. The second-order valence-corrected chi connectivity index (χ2v) is 6.21. The van der Waals surface area contributed by atoms with E-state index in [1.807, 2.05) is 28.9 Å². The first-order valence-electron chi connectivity index (χ1n) is 8.61. The number of nitrogens with one attached hydrogen (secondary N) is 2. The summed E-state index contributed by atoms with van der Waals surface area (Å²) in [5.74, 6) is -0.0131. The number of para-hydroxylation sites is 1. The Morgan fingerprint density at radius 3 is 3.20 bits per heavy atom. The van der Waals surface area contributed by atoms with Crippen LogP contribution in [0.25, 0.3) is 11.0 Å². The van der Waals surface area contributed by atoms with Crippen LogP contribution in [0, 0.1) is 0 Å². The van der Waals surface area contributed by atoms with Crippen LogP contribution in [0.4, 0.5) is 0 Å². The van der Waals surface area contributed by atoms with Gasteiger partial charge in [-0.15, -0.1) is 5.10 Å². The molecule has 8 heteroatoms. The Labute approximate surface area is 145 Å². The SMILES string of the molecule is O=C(CCn1nnc2ccccc21)NCc1cc2n(n1)CCCNC2. The van der Waals surface area contributed by atoms with Crippen molar-refractivity contribution in [2.75, 3.05) is 6.54 Å². The van der Waals surface area contributed by atoms with Crippen LogP contribution in [0.5, 0.6) is 0 Å². The molecule has 1 aromatic carbocycles. The van der Waals surface area contributed by atoms with Crippen molar-refractivity contribution in [2.24, 2.45) is 0 Å². The van der Waals surface area contributed by atoms with Crippen molar-refractivity contribution >= 4 is 16.9 Å². The van der Waals surface area contributed by atoms with Gasteiger partial charge in [-0.05, 0) is 31.2 Å². The van der Waals surface area contributed by atoms with Gasteiger partial charge in [-0.1, -0.05) is 17.3 Å². The van der Waals surface area contributed by atoms with E-state index in [0.29, 0.717) is 19.5 Å². The van der Waals surface area contributed by atoms with Gasteiger partial charge in [0.05, 0.1) is 30.0 Å². The van der Waals surface area contributed by atoms with Crippen molar-refractivity contribution in [3.8, 4) is 0 Å². The molecule has 1 aliphatic heterocycles. The topological polar surface area (TPSA) is 89.7 Å². The maximum Gasteiger partial charge on any atom is 0.222 e. The van der Waals surface area contributed by atoms with Crippen molar-refractivity contribution in [2.45, 2.75) is 39.0 Å². The molecule has 0 radical (unpaired) electrons. The van der Waals surface area contributed by atoms with Crippen molar-refractivity contribution in [3.05, 3.63) is 41.7 Å². The highest BCUT2D eigenvalue weighted by atomic mass is 16.1. The van der Waals surface area contributed by atoms with E-state index >= 15 is 0 Å². The van der Waals surface area contributed by atoms with Crippen LogP contribution in [-0.4, -0.2) is 37.2 Å². The second kappa shape index (κ2) is 7.02. The Morgan fingerprint density at radius 2 is 2.24 bits per heavy atom. The number of hydrogen-bond donors (Lipinski definition) is 2. The minimum absolute atomic E-state index is 0.0131. The highest BCUT2D eigenvalue weighted by Crippen LogP contribution is 2.10. The van der Waals surface area contributed by atoms with Gasteiger partial charge in [0.15, 0.2) is 0 Å². The number of hydrogen-bond acceptors (Lipinski definition) is 5. The summed E-state index contributed by atoms with van der Waals surface area (Å²) in [6, 6.07) is 9.80. The summed E-state index contributed by atoms with van der Waals surface area (Å²) in [7, 11) is 0. The Bertz CT molecular complexity index is 859. The van der Waals surface area contributed by atoms with Crippen molar-refractivity contribution in [1.82, 2.24) is 35.4 Å². The molecule has 25 heavy (non-hydrogen) atoms. The van der Waals surface area contributed by atoms with Gasteiger partial charge in [0, 0.05) is 19.5 Å². The van der Waals surface area contributed by atoms with Gasteiger partial charge in [-0.3, -0.25) is 9.48 Å². The predicted octanol–water partition coefficient (Wildman–Crippen LogP) is 0.828. The molecule has 8 nitrogen and oxygen atoms in total. The molecule has 3 aromatic rings. The molecule has 0 bridgehead atoms. The fourth-order valence-electron chi connectivity index (χ4n) is 3.08. The summed E-state index contributed by atoms with van der Waals surface area (Å²) in [6.45, 7) is 3.75. The number of carbonyl (C=O) groups excluding carboxylic acids is 1. The van der Waals surface area contributed by atoms with E-state index in [1.165, 1.54) is 5.69 Å². The van der Waals surface area contributed by atoms with Crippen molar-refractivity contribution in [3.63, 3.8) is 0 Å². The van der Waals surface area contributed by atoms with Crippen LogP contribution >= 0.6 is 0 Å². The van der Waals surface area contributed by atoms with E-state index in [-0.39, 0.29) is 5.91 Å². The van der Waals surface area contributed by atoms with Gasteiger partial charge in [0.25, 0.3) is 0 Å². The summed E-state index contributed by atoms with van der Waals surface area (Å²) < 4.78 is 3.79. The molecule has 0 atom stereocenters. The Kier molecular flexibility index (Phi) is 4.43. The van der Waals surface area contributed by atoms with Crippen LogP contribution in [0.15, 0.2) is 30.3 Å². The molecule has 2 aromatic heterocycles. The summed E-state index contributed by atoms with van der Waals surface area (Å²) in [4.78, 5) is 12.1. The average molecular weight is 339 g/mol. The van der Waals surface area contributed by atoms with Crippen LogP contribution < -0.4 is 10.6 Å². The molecule has 1 amide bonds. The van der Waals surface area contributed by atoms with E-state index in [4.69, 9.17) is 0 Å². The van der Waals surface area contributed by atoms with Crippen LogP contribution in [0.3, 0.4) is 0 Å².